The number of carbonyl (C=O) groups is 1. The summed E-state index contributed by atoms with van der Waals surface area (Å²) in [5, 5.41) is 6.49. The fourth-order valence-corrected chi connectivity index (χ4v) is 3.44. The number of hydrogen-bond acceptors (Lipinski definition) is 2. The molecule has 2 N–H and O–H groups in total. The molecule has 0 heterocycles. The van der Waals surface area contributed by atoms with Crippen molar-refractivity contribution in [3.05, 3.63) is 0 Å². The van der Waals surface area contributed by atoms with Crippen molar-refractivity contribution in [1.29, 1.82) is 0 Å². The lowest BCUT2D eigenvalue weighted by molar-refractivity contribution is -0.122. The molecule has 0 atom stereocenters. The molecular weight excluding hydrogens is 276 g/mol. The Morgan fingerprint density at radius 2 is 1.95 bits per heavy atom. The molecule has 5 heteroatoms. The standard InChI is InChI=1S/C17H32N4O/c1-16(2,3)20-14(22)11-21(5)15(18-4)19-12-17(9-6-10-17)13-7-8-13/h13H,6-12H2,1-5H3,(H,18,19)(H,20,22). The number of nitrogens with one attached hydrogen (secondary N) is 2. The lowest BCUT2D eigenvalue weighted by Crippen LogP contribution is -2.51. The summed E-state index contributed by atoms with van der Waals surface area (Å²) >= 11 is 0. The van der Waals surface area contributed by atoms with Gasteiger partial charge >= 0.3 is 0 Å². The second-order valence-electron chi connectivity index (χ2n) is 8.05. The van der Waals surface area contributed by atoms with Gasteiger partial charge in [-0.15, -0.1) is 0 Å². The molecule has 0 aromatic carbocycles. The van der Waals surface area contributed by atoms with Crippen LogP contribution in [0.2, 0.25) is 0 Å². The Hall–Kier alpha value is -1.26. The minimum Gasteiger partial charge on any atom is -0.356 e. The van der Waals surface area contributed by atoms with E-state index in [0.29, 0.717) is 12.0 Å². The number of nitrogens with zero attached hydrogens (tertiary/aromatic N) is 2. The predicted molar refractivity (Wildman–Crippen MR) is 90.9 cm³/mol. The van der Waals surface area contributed by atoms with Gasteiger partial charge in [-0.25, -0.2) is 0 Å². The molecule has 0 spiro atoms. The van der Waals surface area contributed by atoms with Crippen LogP contribution in [0.1, 0.15) is 52.9 Å². The molecule has 2 saturated carbocycles. The zero-order chi connectivity index (χ0) is 16.4. The van der Waals surface area contributed by atoms with Crippen LogP contribution in [0.5, 0.6) is 0 Å². The second kappa shape index (κ2) is 6.47. The van der Waals surface area contributed by atoms with Gasteiger partial charge in [-0.3, -0.25) is 9.79 Å². The smallest absolute Gasteiger partial charge is 0.240 e. The third-order valence-corrected chi connectivity index (χ3v) is 4.86. The Bertz CT molecular complexity index is 430. The molecule has 1 amide bonds. The summed E-state index contributed by atoms with van der Waals surface area (Å²) in [6.45, 7) is 7.30. The number of aliphatic imine (C=N–C) groups is 1. The molecule has 2 aliphatic rings. The molecule has 0 aliphatic heterocycles. The molecule has 2 aliphatic carbocycles. The highest BCUT2D eigenvalue weighted by molar-refractivity contribution is 5.86. The van der Waals surface area contributed by atoms with Gasteiger partial charge in [0.05, 0.1) is 6.54 Å². The van der Waals surface area contributed by atoms with E-state index in [0.717, 1.165) is 18.4 Å². The minimum absolute atomic E-state index is 0.0264. The SMILES string of the molecule is CN=C(NCC1(C2CC2)CCC1)N(C)CC(=O)NC(C)(C)C. The van der Waals surface area contributed by atoms with Gasteiger partial charge < -0.3 is 15.5 Å². The molecule has 22 heavy (non-hydrogen) atoms. The molecule has 0 unspecified atom stereocenters. The lowest BCUT2D eigenvalue weighted by atomic mass is 9.65. The number of amides is 1. The summed E-state index contributed by atoms with van der Waals surface area (Å²) in [5.74, 6) is 1.76. The zero-order valence-electron chi connectivity index (χ0n) is 14.8. The largest absolute Gasteiger partial charge is 0.356 e. The van der Waals surface area contributed by atoms with Crippen molar-refractivity contribution in [3.63, 3.8) is 0 Å². The summed E-state index contributed by atoms with van der Waals surface area (Å²) in [6.07, 6.45) is 6.83. The number of likely N-dealkylation sites (N-methyl/N-ethyl adjacent to an activating group) is 1. The van der Waals surface area contributed by atoms with Gasteiger partial charge in [0, 0.05) is 26.2 Å². The van der Waals surface area contributed by atoms with E-state index in [1.54, 1.807) is 7.05 Å². The summed E-state index contributed by atoms with van der Waals surface area (Å²) in [4.78, 5) is 18.3. The van der Waals surface area contributed by atoms with Gasteiger partial charge in [-0.1, -0.05) is 6.42 Å². The fourth-order valence-electron chi connectivity index (χ4n) is 3.44. The van der Waals surface area contributed by atoms with Crippen molar-refractivity contribution in [2.24, 2.45) is 16.3 Å². The maximum atomic E-state index is 12.0. The normalized spacial score (nSPS) is 21.0. The van der Waals surface area contributed by atoms with Crippen LogP contribution in [-0.4, -0.2) is 49.5 Å². The van der Waals surface area contributed by atoms with Crippen LogP contribution in [-0.2, 0) is 4.79 Å². The molecule has 2 rings (SSSR count). The number of carbonyl (C=O) groups excluding carboxylic acids is 1. The summed E-state index contributed by atoms with van der Waals surface area (Å²) in [5.41, 5.74) is 0.307. The Morgan fingerprint density at radius 1 is 1.32 bits per heavy atom. The van der Waals surface area contributed by atoms with E-state index < -0.39 is 0 Å². The van der Waals surface area contributed by atoms with Gasteiger partial charge in [-0.2, -0.15) is 0 Å². The van der Waals surface area contributed by atoms with Gasteiger partial charge in [0.2, 0.25) is 5.91 Å². The van der Waals surface area contributed by atoms with E-state index in [1.165, 1.54) is 32.1 Å². The van der Waals surface area contributed by atoms with Crippen LogP contribution in [0.4, 0.5) is 0 Å². The Labute approximate surface area is 134 Å². The maximum absolute atomic E-state index is 12.0. The molecule has 126 valence electrons. The highest BCUT2D eigenvalue weighted by Gasteiger charge is 2.48. The minimum atomic E-state index is -0.198. The van der Waals surface area contributed by atoms with Gasteiger partial charge in [0.1, 0.15) is 0 Å². The first kappa shape index (κ1) is 17.1. The van der Waals surface area contributed by atoms with Crippen molar-refractivity contribution in [1.82, 2.24) is 15.5 Å². The van der Waals surface area contributed by atoms with Crippen molar-refractivity contribution >= 4 is 11.9 Å². The lowest BCUT2D eigenvalue weighted by Gasteiger charge is -2.43. The molecule has 0 bridgehead atoms. The first-order valence-electron chi connectivity index (χ1n) is 8.48. The third kappa shape index (κ3) is 4.37. The molecule has 0 aromatic rings. The van der Waals surface area contributed by atoms with E-state index in [1.807, 2.05) is 32.7 Å². The maximum Gasteiger partial charge on any atom is 0.240 e. The number of rotatable bonds is 5. The molecule has 0 saturated heterocycles. The topological polar surface area (TPSA) is 56.7 Å². The van der Waals surface area contributed by atoms with Crippen LogP contribution in [0, 0.1) is 11.3 Å². The Kier molecular flexibility index (Phi) is 5.03. The third-order valence-electron chi connectivity index (χ3n) is 4.86. The molecule has 2 fully saturated rings. The monoisotopic (exact) mass is 308 g/mol. The number of guanidine groups is 1. The van der Waals surface area contributed by atoms with E-state index in [2.05, 4.69) is 15.6 Å². The average molecular weight is 308 g/mol. The van der Waals surface area contributed by atoms with Gasteiger partial charge in [0.15, 0.2) is 5.96 Å². The van der Waals surface area contributed by atoms with Gasteiger partial charge in [0.25, 0.3) is 0 Å². The quantitative estimate of drug-likeness (QED) is 0.603. The van der Waals surface area contributed by atoms with E-state index in [9.17, 15) is 4.79 Å². The Morgan fingerprint density at radius 3 is 2.36 bits per heavy atom. The van der Waals surface area contributed by atoms with Crippen molar-refractivity contribution < 1.29 is 4.79 Å². The average Bonchev–Trinajstić information content (AvgIpc) is 3.14. The predicted octanol–water partition coefficient (Wildman–Crippen LogP) is 1.99. The summed E-state index contributed by atoms with van der Waals surface area (Å²) < 4.78 is 0. The highest BCUT2D eigenvalue weighted by atomic mass is 16.2. The van der Waals surface area contributed by atoms with E-state index >= 15 is 0 Å². The van der Waals surface area contributed by atoms with E-state index in [4.69, 9.17) is 0 Å². The fraction of sp³-hybridized carbons (Fsp3) is 0.882. The van der Waals surface area contributed by atoms with Crippen molar-refractivity contribution in [3.8, 4) is 0 Å². The van der Waals surface area contributed by atoms with Crippen LogP contribution < -0.4 is 10.6 Å². The van der Waals surface area contributed by atoms with Crippen LogP contribution in [0.25, 0.3) is 0 Å². The second-order valence-corrected chi connectivity index (χ2v) is 8.05. The van der Waals surface area contributed by atoms with Crippen LogP contribution in [0.3, 0.4) is 0 Å². The molecule has 5 nitrogen and oxygen atoms in total. The first-order chi connectivity index (χ1) is 10.3. The number of hydrogen-bond donors (Lipinski definition) is 2. The Balaban J connectivity index is 1.82. The summed E-state index contributed by atoms with van der Waals surface area (Å²) in [7, 11) is 3.70. The highest BCUT2D eigenvalue weighted by Crippen LogP contribution is 2.56. The van der Waals surface area contributed by atoms with Crippen molar-refractivity contribution in [2.45, 2.75) is 58.4 Å². The molecule has 0 radical (unpaired) electrons. The van der Waals surface area contributed by atoms with Crippen LogP contribution in [0.15, 0.2) is 4.99 Å². The van der Waals surface area contributed by atoms with Crippen LogP contribution >= 0.6 is 0 Å². The van der Waals surface area contributed by atoms with Crippen molar-refractivity contribution in [2.75, 3.05) is 27.2 Å². The van der Waals surface area contributed by atoms with E-state index in [-0.39, 0.29) is 11.4 Å². The molecular formula is C17H32N4O. The zero-order valence-corrected chi connectivity index (χ0v) is 14.8. The molecule has 0 aromatic heterocycles. The first-order valence-corrected chi connectivity index (χ1v) is 8.48. The summed E-state index contributed by atoms with van der Waals surface area (Å²) in [6, 6.07) is 0. The van der Waals surface area contributed by atoms with Gasteiger partial charge in [-0.05, 0) is 57.8 Å².